The van der Waals surface area contributed by atoms with Gasteiger partial charge in [-0.1, -0.05) is 50.5 Å². The number of allylic oxidation sites excluding steroid dienone is 1. The van der Waals surface area contributed by atoms with Crippen molar-refractivity contribution in [2.24, 2.45) is 0 Å². The first-order valence-corrected chi connectivity index (χ1v) is 9.68. The molecule has 0 aromatic carbocycles. The summed E-state index contributed by atoms with van der Waals surface area (Å²) in [5.74, 6) is -0.801. The Morgan fingerprint density at radius 1 is 1.23 bits per heavy atom. The Kier molecular flexibility index (Phi) is 11.4. The number of aliphatic hydroxyl groups excluding tert-OH is 3. The molecule has 6 heteroatoms. The summed E-state index contributed by atoms with van der Waals surface area (Å²) in [5.41, 5.74) is 0. The quantitative estimate of drug-likeness (QED) is 0.293. The van der Waals surface area contributed by atoms with Crippen LogP contribution < -0.4 is 0 Å². The number of aliphatic hydroxyl groups is 3. The molecule has 1 aliphatic heterocycles. The van der Waals surface area contributed by atoms with E-state index in [4.69, 9.17) is 9.84 Å². The molecule has 6 nitrogen and oxygen atoms in total. The minimum absolute atomic E-state index is 0.148. The molecule has 1 saturated heterocycles. The number of hydrogen-bond acceptors (Lipinski definition) is 5. The molecule has 5 atom stereocenters. The lowest BCUT2D eigenvalue weighted by Gasteiger charge is -2.18. The molecule has 0 aliphatic carbocycles. The van der Waals surface area contributed by atoms with Crippen molar-refractivity contribution in [3.8, 4) is 0 Å². The Morgan fingerprint density at radius 3 is 2.69 bits per heavy atom. The first kappa shape index (κ1) is 22.8. The van der Waals surface area contributed by atoms with Gasteiger partial charge in [0, 0.05) is 12.8 Å². The Morgan fingerprint density at radius 2 is 2.00 bits per heavy atom. The van der Waals surface area contributed by atoms with E-state index in [0.717, 1.165) is 19.3 Å². The Labute approximate surface area is 156 Å². The third-order valence-electron chi connectivity index (χ3n) is 4.55. The number of unbranched alkanes of at least 4 members (excludes halogenated alkanes) is 3. The molecule has 0 bridgehead atoms. The van der Waals surface area contributed by atoms with Gasteiger partial charge in [0.05, 0.1) is 24.4 Å². The van der Waals surface area contributed by atoms with Gasteiger partial charge in [-0.3, -0.25) is 4.79 Å². The standard InChI is InChI=1S/C20H34O6/c1-2-3-6-10-16(22)19-14-17(23)18(26-19)13-12-15(21)9-7-4-5-8-11-20(24)25/h4,7,12-13,15-19,21-23H,2-3,5-6,8-11,14H2,1H3,(H,24,25)/b7-4-,13-12+/t15-,16+,17+,18+,19+/m0/s1. The van der Waals surface area contributed by atoms with Crippen LogP contribution in [0.3, 0.4) is 0 Å². The van der Waals surface area contributed by atoms with Crippen LogP contribution in [0.1, 0.15) is 64.7 Å². The lowest BCUT2D eigenvalue weighted by atomic mass is 10.0. The fourth-order valence-electron chi connectivity index (χ4n) is 2.97. The van der Waals surface area contributed by atoms with Gasteiger partial charge in [0.2, 0.25) is 0 Å². The van der Waals surface area contributed by atoms with Gasteiger partial charge in [0.15, 0.2) is 0 Å². The predicted molar refractivity (Wildman–Crippen MR) is 99.8 cm³/mol. The molecule has 1 heterocycles. The minimum atomic E-state index is -0.801. The summed E-state index contributed by atoms with van der Waals surface area (Å²) in [6.45, 7) is 2.11. The number of aliphatic carboxylic acids is 1. The lowest BCUT2D eigenvalue weighted by molar-refractivity contribution is -0.137. The molecule has 26 heavy (non-hydrogen) atoms. The van der Waals surface area contributed by atoms with Gasteiger partial charge >= 0.3 is 5.97 Å². The highest BCUT2D eigenvalue weighted by molar-refractivity contribution is 5.66. The number of rotatable bonds is 13. The molecular weight excluding hydrogens is 336 g/mol. The molecular formula is C20H34O6. The number of ether oxygens (including phenoxy) is 1. The van der Waals surface area contributed by atoms with Gasteiger partial charge in [-0.05, 0) is 25.7 Å². The van der Waals surface area contributed by atoms with Gasteiger partial charge in [-0.2, -0.15) is 0 Å². The maximum absolute atomic E-state index is 10.4. The average Bonchev–Trinajstić information content (AvgIpc) is 2.97. The Bertz CT molecular complexity index is 448. The molecule has 0 aromatic rings. The van der Waals surface area contributed by atoms with Crippen molar-refractivity contribution in [1.29, 1.82) is 0 Å². The molecule has 0 saturated carbocycles. The monoisotopic (exact) mass is 370 g/mol. The summed E-state index contributed by atoms with van der Waals surface area (Å²) in [7, 11) is 0. The van der Waals surface area contributed by atoms with Crippen molar-refractivity contribution >= 4 is 5.97 Å². The first-order chi connectivity index (χ1) is 12.4. The fraction of sp³-hybridized carbons (Fsp3) is 0.750. The van der Waals surface area contributed by atoms with Crippen molar-refractivity contribution in [2.45, 2.75) is 95.2 Å². The van der Waals surface area contributed by atoms with E-state index in [1.54, 1.807) is 12.2 Å². The van der Waals surface area contributed by atoms with Gasteiger partial charge in [-0.15, -0.1) is 0 Å². The summed E-state index contributed by atoms with van der Waals surface area (Å²) in [5, 5.41) is 38.7. The number of hydrogen-bond donors (Lipinski definition) is 4. The van der Waals surface area contributed by atoms with Gasteiger partial charge in [0.25, 0.3) is 0 Å². The predicted octanol–water partition coefficient (Wildman–Crippen LogP) is 2.56. The zero-order valence-corrected chi connectivity index (χ0v) is 15.7. The highest BCUT2D eigenvalue weighted by atomic mass is 16.5. The van der Waals surface area contributed by atoms with E-state index in [0.29, 0.717) is 32.1 Å². The molecule has 4 N–H and O–H groups in total. The van der Waals surface area contributed by atoms with E-state index in [1.165, 1.54) is 0 Å². The average molecular weight is 370 g/mol. The number of carboxylic acids is 1. The molecule has 0 radical (unpaired) electrons. The number of carbonyl (C=O) groups is 1. The molecule has 0 amide bonds. The maximum Gasteiger partial charge on any atom is 0.303 e. The van der Waals surface area contributed by atoms with Crippen molar-refractivity contribution in [2.75, 3.05) is 0 Å². The van der Waals surface area contributed by atoms with E-state index >= 15 is 0 Å². The third kappa shape index (κ3) is 9.48. The molecule has 1 aliphatic rings. The summed E-state index contributed by atoms with van der Waals surface area (Å²) < 4.78 is 5.73. The molecule has 1 fully saturated rings. The molecule has 0 aromatic heterocycles. The van der Waals surface area contributed by atoms with Crippen molar-refractivity contribution in [3.05, 3.63) is 24.3 Å². The summed E-state index contributed by atoms with van der Waals surface area (Å²) in [4.78, 5) is 10.4. The maximum atomic E-state index is 10.4. The van der Waals surface area contributed by atoms with Crippen LogP contribution in [0.2, 0.25) is 0 Å². The van der Waals surface area contributed by atoms with Crippen LogP contribution in [0.5, 0.6) is 0 Å². The van der Waals surface area contributed by atoms with E-state index in [9.17, 15) is 20.1 Å². The van der Waals surface area contributed by atoms with Crippen molar-refractivity contribution in [3.63, 3.8) is 0 Å². The molecule has 150 valence electrons. The van der Waals surface area contributed by atoms with Crippen LogP contribution in [0.4, 0.5) is 0 Å². The van der Waals surface area contributed by atoms with Crippen LogP contribution in [0, 0.1) is 0 Å². The summed E-state index contributed by atoms with van der Waals surface area (Å²) in [6.07, 6.45) is 10.2. The normalized spacial score (nSPS) is 25.9. The van der Waals surface area contributed by atoms with Crippen LogP contribution in [-0.4, -0.2) is 56.9 Å². The van der Waals surface area contributed by atoms with E-state index in [1.807, 2.05) is 12.2 Å². The van der Waals surface area contributed by atoms with Crippen LogP contribution in [0.25, 0.3) is 0 Å². The van der Waals surface area contributed by atoms with Gasteiger partial charge in [0.1, 0.15) is 6.10 Å². The van der Waals surface area contributed by atoms with Gasteiger partial charge < -0.3 is 25.2 Å². The largest absolute Gasteiger partial charge is 0.481 e. The first-order valence-electron chi connectivity index (χ1n) is 9.68. The zero-order chi connectivity index (χ0) is 19.4. The van der Waals surface area contributed by atoms with Crippen molar-refractivity contribution in [1.82, 2.24) is 0 Å². The molecule has 0 spiro atoms. The Balaban J connectivity index is 2.29. The van der Waals surface area contributed by atoms with Crippen LogP contribution >= 0.6 is 0 Å². The number of carboxylic acid groups (broad SMARTS) is 1. The third-order valence-corrected chi connectivity index (χ3v) is 4.55. The second kappa shape index (κ2) is 13.0. The van der Waals surface area contributed by atoms with E-state index < -0.39 is 30.4 Å². The van der Waals surface area contributed by atoms with Crippen LogP contribution in [-0.2, 0) is 9.53 Å². The Hall–Kier alpha value is -1.21. The lowest BCUT2D eigenvalue weighted by Crippen LogP contribution is -2.26. The van der Waals surface area contributed by atoms with E-state index in [2.05, 4.69) is 6.92 Å². The SMILES string of the molecule is CCCCC[C@@H](O)[C@H]1C[C@@H](O)[C@@H](/C=C/[C@@H](O)C/C=C\CCCC(=O)O)O1. The highest BCUT2D eigenvalue weighted by Gasteiger charge is 2.36. The summed E-state index contributed by atoms with van der Waals surface area (Å²) >= 11 is 0. The summed E-state index contributed by atoms with van der Waals surface area (Å²) in [6, 6.07) is 0. The molecule has 1 rings (SSSR count). The highest BCUT2D eigenvalue weighted by Crippen LogP contribution is 2.26. The zero-order valence-electron chi connectivity index (χ0n) is 15.7. The van der Waals surface area contributed by atoms with Gasteiger partial charge in [-0.25, -0.2) is 0 Å². The van der Waals surface area contributed by atoms with Crippen LogP contribution in [0.15, 0.2) is 24.3 Å². The smallest absolute Gasteiger partial charge is 0.303 e. The molecule has 0 unspecified atom stereocenters. The van der Waals surface area contributed by atoms with E-state index in [-0.39, 0.29) is 12.5 Å². The van der Waals surface area contributed by atoms with Crippen molar-refractivity contribution < 1.29 is 30.0 Å². The second-order valence-electron chi connectivity index (χ2n) is 6.95. The minimum Gasteiger partial charge on any atom is -0.481 e. The second-order valence-corrected chi connectivity index (χ2v) is 6.95. The fourth-order valence-corrected chi connectivity index (χ4v) is 2.97. The topological polar surface area (TPSA) is 107 Å².